The molecule has 0 saturated carbocycles. The van der Waals surface area contributed by atoms with Gasteiger partial charge in [0.2, 0.25) is 0 Å². The Bertz CT molecular complexity index is 1820. The van der Waals surface area contributed by atoms with Gasteiger partial charge in [0.05, 0.1) is 16.4 Å². The molecule has 0 saturated heterocycles. The number of nitrogens with zero attached hydrogens (tertiary/aromatic N) is 2. The Labute approximate surface area is 283 Å². The van der Waals surface area contributed by atoms with E-state index in [0.717, 1.165) is 26.5 Å². The van der Waals surface area contributed by atoms with Crippen molar-refractivity contribution >= 4 is 101 Å². The third-order valence-corrected chi connectivity index (χ3v) is 8.23. The van der Waals surface area contributed by atoms with E-state index in [2.05, 4.69) is 58.0 Å². The maximum Gasteiger partial charge on any atom is 0.271 e. The van der Waals surface area contributed by atoms with Gasteiger partial charge in [0, 0.05) is 48.0 Å². The molecule has 0 aliphatic rings. The normalized spacial score (nSPS) is 10.9. The molecule has 1 aromatic heterocycles. The first-order valence-electron chi connectivity index (χ1n) is 12.8. The van der Waals surface area contributed by atoms with E-state index < -0.39 is 5.91 Å². The zero-order valence-electron chi connectivity index (χ0n) is 22.5. The lowest BCUT2D eigenvalue weighted by Gasteiger charge is -2.12. The summed E-state index contributed by atoms with van der Waals surface area (Å²) < 4.78 is 7.14. The number of hydrogen-bond acceptors (Lipinski definition) is 7. The quantitative estimate of drug-likeness (QED) is 0.0971. The molecule has 13 heteroatoms. The highest BCUT2D eigenvalue weighted by Gasteiger charge is 2.13. The monoisotopic (exact) mass is 771 g/mol. The van der Waals surface area contributed by atoms with Crippen molar-refractivity contribution in [1.82, 2.24) is 10.4 Å². The van der Waals surface area contributed by atoms with Gasteiger partial charge >= 0.3 is 0 Å². The fourth-order valence-electron chi connectivity index (χ4n) is 3.83. The van der Waals surface area contributed by atoms with Crippen LogP contribution in [0.5, 0.6) is 5.75 Å². The smallest absolute Gasteiger partial charge is 0.271 e. The SMILES string of the molecule is O=C(COc1c(Br)cc(Br)cc1/C=N\NC(=O)c1ccc(-c2csc(Nc3ccc(Cl)cc3)n2)cc1)Nc1ccc(Cl)cc1. The number of amides is 2. The largest absolute Gasteiger partial charge is 0.482 e. The number of rotatable bonds is 10. The molecule has 0 bridgehead atoms. The number of ether oxygens (including phenoxy) is 1. The molecule has 5 rings (SSSR count). The summed E-state index contributed by atoms with van der Waals surface area (Å²) in [5.74, 6) is -0.362. The van der Waals surface area contributed by atoms with E-state index in [4.69, 9.17) is 27.9 Å². The molecular formula is C31H21Br2Cl2N5O3S. The Morgan fingerprint density at radius 3 is 2.25 bits per heavy atom. The Balaban J connectivity index is 1.19. The average Bonchev–Trinajstić information content (AvgIpc) is 3.47. The van der Waals surface area contributed by atoms with Gasteiger partial charge in [-0.2, -0.15) is 5.10 Å². The third kappa shape index (κ3) is 8.67. The summed E-state index contributed by atoms with van der Waals surface area (Å²) in [6, 6.07) is 24.7. The van der Waals surface area contributed by atoms with Crippen LogP contribution in [0.15, 0.2) is 104 Å². The minimum atomic E-state index is -0.393. The van der Waals surface area contributed by atoms with Gasteiger partial charge in [0.1, 0.15) is 5.75 Å². The number of hydrazone groups is 1. The van der Waals surface area contributed by atoms with Crippen LogP contribution in [-0.2, 0) is 4.79 Å². The minimum absolute atomic E-state index is 0.250. The summed E-state index contributed by atoms with van der Waals surface area (Å²) in [6.45, 7) is -0.250. The molecule has 0 aliphatic heterocycles. The first-order valence-corrected chi connectivity index (χ1v) is 16.0. The number of hydrogen-bond donors (Lipinski definition) is 3. The molecule has 5 aromatic rings. The maximum absolute atomic E-state index is 12.8. The van der Waals surface area contributed by atoms with Crippen LogP contribution in [0.25, 0.3) is 11.3 Å². The van der Waals surface area contributed by atoms with Gasteiger partial charge in [-0.25, -0.2) is 10.4 Å². The van der Waals surface area contributed by atoms with Gasteiger partial charge in [-0.15, -0.1) is 11.3 Å². The van der Waals surface area contributed by atoms with Crippen molar-refractivity contribution in [3.05, 3.63) is 120 Å². The van der Waals surface area contributed by atoms with Gasteiger partial charge in [0.15, 0.2) is 11.7 Å². The van der Waals surface area contributed by atoms with Crippen LogP contribution >= 0.6 is 66.4 Å². The molecule has 222 valence electrons. The highest BCUT2D eigenvalue weighted by Crippen LogP contribution is 2.32. The summed E-state index contributed by atoms with van der Waals surface area (Å²) in [5.41, 5.74) is 6.62. The predicted octanol–water partition coefficient (Wildman–Crippen LogP) is 9.17. The van der Waals surface area contributed by atoms with Gasteiger partial charge in [-0.1, -0.05) is 51.3 Å². The molecule has 1 heterocycles. The highest BCUT2D eigenvalue weighted by atomic mass is 79.9. The zero-order valence-corrected chi connectivity index (χ0v) is 28.0. The van der Waals surface area contributed by atoms with Crippen LogP contribution in [0.3, 0.4) is 0 Å². The van der Waals surface area contributed by atoms with Crippen molar-refractivity contribution in [2.75, 3.05) is 17.2 Å². The lowest BCUT2D eigenvalue weighted by atomic mass is 10.1. The number of nitrogens with one attached hydrogen (secondary N) is 3. The Hall–Kier alpha value is -3.74. The van der Waals surface area contributed by atoms with Crippen molar-refractivity contribution < 1.29 is 14.3 Å². The molecule has 2 amide bonds. The molecule has 0 fully saturated rings. The van der Waals surface area contributed by atoms with Crippen molar-refractivity contribution in [2.24, 2.45) is 5.10 Å². The molecular weight excluding hydrogens is 753 g/mol. The minimum Gasteiger partial charge on any atom is -0.482 e. The Morgan fingerprint density at radius 2 is 1.57 bits per heavy atom. The van der Waals surface area contributed by atoms with Crippen molar-refractivity contribution in [3.8, 4) is 17.0 Å². The molecule has 0 aliphatic carbocycles. The van der Waals surface area contributed by atoms with Crippen LogP contribution in [0.4, 0.5) is 16.5 Å². The summed E-state index contributed by atoms with van der Waals surface area (Å²) in [6.07, 6.45) is 1.44. The summed E-state index contributed by atoms with van der Waals surface area (Å²) in [5, 5.41) is 14.0. The Kier molecular flexibility index (Phi) is 10.7. The highest BCUT2D eigenvalue weighted by molar-refractivity contribution is 9.11. The van der Waals surface area contributed by atoms with Crippen LogP contribution in [0, 0.1) is 0 Å². The molecule has 0 atom stereocenters. The van der Waals surface area contributed by atoms with Crippen LogP contribution < -0.4 is 20.8 Å². The standard InChI is InChI=1S/C31H21Br2Cl2N5O3S/c32-21-13-20(29(26(33)14-21)43-16-28(41)37-24-9-5-22(34)6-10-24)15-36-40-30(42)19-3-1-18(2-4-19)27-17-44-31(39-27)38-25-11-7-23(35)8-12-25/h1-15,17H,16H2,(H,37,41)(H,38,39)(H,40,42)/b36-15-. The third-order valence-electron chi connectivity index (χ3n) is 5.92. The van der Waals surface area contributed by atoms with E-state index in [9.17, 15) is 9.59 Å². The molecule has 8 nitrogen and oxygen atoms in total. The predicted molar refractivity (Wildman–Crippen MR) is 185 cm³/mol. The van der Waals surface area contributed by atoms with Gasteiger partial charge in [-0.3, -0.25) is 9.59 Å². The molecule has 0 radical (unpaired) electrons. The number of carbonyl (C=O) groups is 2. The second kappa shape index (κ2) is 14.8. The molecule has 4 aromatic carbocycles. The van der Waals surface area contributed by atoms with Crippen LogP contribution in [0.1, 0.15) is 15.9 Å². The second-order valence-corrected chi connectivity index (χ2v) is 12.6. The average molecular weight is 774 g/mol. The number of anilines is 3. The fourth-order valence-corrected chi connectivity index (χ4v) is 6.20. The number of carbonyl (C=O) groups excluding carboxylic acids is 2. The number of benzene rings is 4. The molecule has 3 N–H and O–H groups in total. The molecule has 44 heavy (non-hydrogen) atoms. The first-order chi connectivity index (χ1) is 21.2. The molecule has 0 unspecified atom stereocenters. The van der Waals surface area contributed by atoms with E-state index in [-0.39, 0.29) is 12.5 Å². The van der Waals surface area contributed by atoms with E-state index in [1.165, 1.54) is 17.6 Å². The zero-order chi connectivity index (χ0) is 31.1. The summed E-state index contributed by atoms with van der Waals surface area (Å²) in [4.78, 5) is 29.8. The summed E-state index contributed by atoms with van der Waals surface area (Å²) in [7, 11) is 0. The van der Waals surface area contributed by atoms with Gasteiger partial charge < -0.3 is 15.4 Å². The van der Waals surface area contributed by atoms with Gasteiger partial charge in [0.25, 0.3) is 11.8 Å². The first kappa shape index (κ1) is 31.7. The van der Waals surface area contributed by atoms with E-state index in [0.29, 0.717) is 37.1 Å². The van der Waals surface area contributed by atoms with Crippen molar-refractivity contribution in [1.29, 1.82) is 0 Å². The number of aromatic nitrogens is 1. The second-order valence-electron chi connectivity index (χ2n) is 9.10. The topological polar surface area (TPSA) is 105 Å². The maximum atomic E-state index is 12.8. The van der Waals surface area contributed by atoms with E-state index in [1.54, 1.807) is 48.5 Å². The Morgan fingerprint density at radius 1 is 0.909 bits per heavy atom. The van der Waals surface area contributed by atoms with E-state index in [1.807, 2.05) is 41.8 Å². The van der Waals surface area contributed by atoms with Crippen molar-refractivity contribution in [2.45, 2.75) is 0 Å². The van der Waals surface area contributed by atoms with Crippen LogP contribution in [0.2, 0.25) is 10.0 Å². The summed E-state index contributed by atoms with van der Waals surface area (Å²) >= 11 is 20.2. The van der Waals surface area contributed by atoms with Crippen LogP contribution in [-0.4, -0.2) is 29.6 Å². The molecule has 0 spiro atoms. The van der Waals surface area contributed by atoms with Gasteiger partial charge in [-0.05, 0) is 88.7 Å². The fraction of sp³-hybridized carbons (Fsp3) is 0.0323. The number of halogens is 4. The number of thiazole rings is 1. The lowest BCUT2D eigenvalue weighted by molar-refractivity contribution is -0.118. The van der Waals surface area contributed by atoms with E-state index >= 15 is 0 Å². The van der Waals surface area contributed by atoms with Crippen molar-refractivity contribution in [3.63, 3.8) is 0 Å². The lowest BCUT2D eigenvalue weighted by Crippen LogP contribution is -2.21.